The number of nitrogens with one attached hydrogen (secondary N) is 1. The summed E-state index contributed by atoms with van der Waals surface area (Å²) in [7, 11) is 0. The number of phenols is 1. The topological polar surface area (TPSA) is 86.6 Å². The van der Waals surface area contributed by atoms with Gasteiger partial charge in [-0.1, -0.05) is 55.4 Å². The lowest BCUT2D eigenvalue weighted by atomic mass is 9.72. The summed E-state index contributed by atoms with van der Waals surface area (Å²) in [6, 6.07) is 3.91. The van der Waals surface area contributed by atoms with Gasteiger partial charge < -0.3 is 15.5 Å². The van der Waals surface area contributed by atoms with Crippen molar-refractivity contribution in [3.63, 3.8) is 0 Å². The number of amides is 1. The number of allylic oxidation sites excluding steroid dienone is 9. The molecule has 0 unspecified atom stereocenters. The number of hydrogen-bond donors (Lipinski definition) is 3. The number of hydrogen-bond acceptors (Lipinski definition) is 3. The minimum absolute atomic E-state index is 0.213. The van der Waals surface area contributed by atoms with Gasteiger partial charge in [-0.2, -0.15) is 0 Å². The lowest BCUT2D eigenvalue weighted by Gasteiger charge is -2.32. The Morgan fingerprint density at radius 2 is 1.84 bits per heavy atom. The highest BCUT2D eigenvalue weighted by molar-refractivity contribution is 6.01. The first-order valence-corrected chi connectivity index (χ1v) is 10.8. The number of rotatable bonds is 7. The van der Waals surface area contributed by atoms with Gasteiger partial charge in [0.05, 0.1) is 0 Å². The van der Waals surface area contributed by atoms with Crippen molar-refractivity contribution in [2.45, 2.75) is 53.9 Å². The van der Waals surface area contributed by atoms with Crippen LogP contribution in [0, 0.1) is 5.41 Å². The molecule has 170 valence electrons. The van der Waals surface area contributed by atoms with E-state index in [-0.39, 0.29) is 22.6 Å². The van der Waals surface area contributed by atoms with Crippen LogP contribution in [0.1, 0.15) is 64.2 Å². The maximum Gasteiger partial charge on any atom is 0.339 e. The van der Waals surface area contributed by atoms with Gasteiger partial charge in [0, 0.05) is 11.8 Å². The van der Waals surface area contributed by atoms with Crippen LogP contribution in [0.4, 0.5) is 5.69 Å². The molecule has 0 saturated carbocycles. The number of aromatic carboxylic acids is 1. The minimum atomic E-state index is -1.26. The van der Waals surface area contributed by atoms with Crippen LogP contribution in [0.5, 0.6) is 5.75 Å². The summed E-state index contributed by atoms with van der Waals surface area (Å²) < 4.78 is 0. The first-order valence-electron chi connectivity index (χ1n) is 10.8. The third-order valence-electron chi connectivity index (χ3n) is 5.63. The number of carboxylic acid groups (broad SMARTS) is 1. The zero-order chi connectivity index (χ0) is 23.9. The number of aromatic hydroxyl groups is 1. The zero-order valence-corrected chi connectivity index (χ0v) is 19.5. The van der Waals surface area contributed by atoms with Crippen LogP contribution < -0.4 is 5.32 Å². The van der Waals surface area contributed by atoms with Crippen molar-refractivity contribution in [3.8, 4) is 5.75 Å². The predicted molar refractivity (Wildman–Crippen MR) is 130 cm³/mol. The summed E-state index contributed by atoms with van der Waals surface area (Å²) in [5.74, 6) is -1.99. The summed E-state index contributed by atoms with van der Waals surface area (Å²) >= 11 is 0. The van der Waals surface area contributed by atoms with Gasteiger partial charge in [-0.15, -0.1) is 0 Å². The summed E-state index contributed by atoms with van der Waals surface area (Å²) in [6.07, 6.45) is 15.2. The van der Waals surface area contributed by atoms with E-state index in [1.54, 1.807) is 0 Å². The van der Waals surface area contributed by atoms with Gasteiger partial charge in [-0.05, 0) is 74.8 Å². The minimum Gasteiger partial charge on any atom is -0.507 e. The normalized spacial score (nSPS) is 17.3. The van der Waals surface area contributed by atoms with Crippen molar-refractivity contribution < 1.29 is 19.8 Å². The van der Waals surface area contributed by atoms with Crippen molar-refractivity contribution in [1.82, 2.24) is 0 Å². The molecule has 1 aliphatic rings. The fourth-order valence-electron chi connectivity index (χ4n) is 3.85. The number of anilines is 1. The largest absolute Gasteiger partial charge is 0.507 e. The molecule has 32 heavy (non-hydrogen) atoms. The standard InChI is InChI=1S/C27H33NO4/c1-18(11-13-23-20(3)10-7-15-27(23,4)5)8-6-9-19(2)16-25(30)28-21-12-14-24(29)22(17-21)26(31)32/h6,8-9,11-14,16-17,29H,7,10,15H2,1-5H3,(H,28,30)(H,31,32). The highest BCUT2D eigenvalue weighted by Gasteiger charge is 2.26. The van der Waals surface area contributed by atoms with Crippen LogP contribution in [-0.4, -0.2) is 22.1 Å². The molecule has 0 saturated heterocycles. The van der Waals surface area contributed by atoms with Crippen LogP contribution in [0.15, 0.2) is 76.9 Å². The van der Waals surface area contributed by atoms with E-state index in [1.807, 2.05) is 32.1 Å². The van der Waals surface area contributed by atoms with E-state index < -0.39 is 5.97 Å². The maximum atomic E-state index is 12.2. The van der Waals surface area contributed by atoms with Gasteiger partial charge in [0.15, 0.2) is 0 Å². The van der Waals surface area contributed by atoms with Crippen molar-refractivity contribution >= 4 is 17.6 Å². The van der Waals surface area contributed by atoms with Crippen molar-refractivity contribution in [3.05, 3.63) is 82.5 Å². The van der Waals surface area contributed by atoms with Crippen LogP contribution in [0.25, 0.3) is 0 Å². The summed E-state index contributed by atoms with van der Waals surface area (Å²) in [5.41, 5.74) is 5.01. The van der Waals surface area contributed by atoms with Gasteiger partial charge in [-0.25, -0.2) is 4.79 Å². The van der Waals surface area contributed by atoms with E-state index in [0.29, 0.717) is 5.69 Å². The third-order valence-corrected chi connectivity index (χ3v) is 5.63. The molecule has 5 heteroatoms. The Morgan fingerprint density at radius 1 is 1.12 bits per heavy atom. The molecule has 0 atom stereocenters. The molecule has 5 nitrogen and oxygen atoms in total. The summed E-state index contributed by atoms with van der Waals surface area (Å²) in [6.45, 7) is 10.7. The molecule has 0 radical (unpaired) electrons. The molecule has 0 heterocycles. The van der Waals surface area contributed by atoms with Gasteiger partial charge in [0.2, 0.25) is 5.91 Å². The summed E-state index contributed by atoms with van der Waals surface area (Å²) in [4.78, 5) is 23.3. The van der Waals surface area contributed by atoms with Crippen LogP contribution >= 0.6 is 0 Å². The van der Waals surface area contributed by atoms with Gasteiger partial charge in [0.1, 0.15) is 11.3 Å². The SMILES string of the molecule is CC(C=CC1=C(C)CCCC1(C)C)=CC=CC(C)=CC(=O)Nc1ccc(O)c(C(=O)O)c1. The second-order valence-electron chi connectivity index (χ2n) is 8.95. The Kier molecular flexibility index (Phi) is 8.41. The molecular formula is C27H33NO4. The quantitative estimate of drug-likeness (QED) is 0.257. The van der Waals surface area contributed by atoms with Crippen LogP contribution in [-0.2, 0) is 4.79 Å². The molecule has 0 aromatic heterocycles. The molecule has 1 aromatic carbocycles. The fourth-order valence-corrected chi connectivity index (χ4v) is 3.85. The Morgan fingerprint density at radius 3 is 2.50 bits per heavy atom. The molecule has 0 bridgehead atoms. The molecule has 1 amide bonds. The Balaban J connectivity index is 2.00. The van der Waals surface area contributed by atoms with Crippen molar-refractivity contribution in [1.29, 1.82) is 0 Å². The number of benzene rings is 1. The molecule has 3 N–H and O–H groups in total. The van der Waals surface area contributed by atoms with Crippen LogP contribution in [0.2, 0.25) is 0 Å². The number of carbonyl (C=O) groups excluding carboxylic acids is 1. The van der Waals surface area contributed by atoms with Crippen molar-refractivity contribution in [2.24, 2.45) is 5.41 Å². The first kappa shape index (κ1) is 24.9. The number of carbonyl (C=O) groups is 2. The molecule has 1 aliphatic carbocycles. The average Bonchev–Trinajstić information content (AvgIpc) is 2.68. The fraction of sp³-hybridized carbons (Fsp3) is 0.333. The highest BCUT2D eigenvalue weighted by atomic mass is 16.4. The second kappa shape index (κ2) is 10.8. The van der Waals surface area contributed by atoms with Gasteiger partial charge >= 0.3 is 5.97 Å². The Bertz CT molecular complexity index is 1040. The smallest absolute Gasteiger partial charge is 0.339 e. The summed E-state index contributed by atoms with van der Waals surface area (Å²) in [5, 5.41) is 21.2. The zero-order valence-electron chi connectivity index (χ0n) is 19.5. The molecule has 0 aliphatic heterocycles. The Labute approximate surface area is 190 Å². The first-order chi connectivity index (χ1) is 15.0. The lowest BCUT2D eigenvalue weighted by Crippen LogP contribution is -2.19. The highest BCUT2D eigenvalue weighted by Crippen LogP contribution is 2.40. The molecular weight excluding hydrogens is 402 g/mol. The van der Waals surface area contributed by atoms with Gasteiger partial charge in [-0.3, -0.25) is 4.79 Å². The Hall–Kier alpha value is -3.34. The van der Waals surface area contributed by atoms with E-state index in [4.69, 9.17) is 5.11 Å². The monoisotopic (exact) mass is 435 g/mol. The number of carboxylic acids is 1. The molecule has 0 fully saturated rings. The van der Waals surface area contributed by atoms with E-state index in [1.165, 1.54) is 54.7 Å². The van der Waals surface area contributed by atoms with Crippen LogP contribution in [0.3, 0.4) is 0 Å². The van der Waals surface area contributed by atoms with Gasteiger partial charge in [0.25, 0.3) is 0 Å². The van der Waals surface area contributed by atoms with E-state index in [9.17, 15) is 14.7 Å². The lowest BCUT2D eigenvalue weighted by molar-refractivity contribution is -0.111. The van der Waals surface area contributed by atoms with E-state index in [0.717, 1.165) is 11.1 Å². The predicted octanol–water partition coefficient (Wildman–Crippen LogP) is 6.56. The second-order valence-corrected chi connectivity index (χ2v) is 8.95. The third kappa shape index (κ3) is 7.12. The van der Waals surface area contributed by atoms with E-state index >= 15 is 0 Å². The van der Waals surface area contributed by atoms with E-state index in [2.05, 4.69) is 38.2 Å². The maximum absolute atomic E-state index is 12.2. The average molecular weight is 436 g/mol. The molecule has 0 spiro atoms. The molecule has 1 aromatic rings. The molecule has 2 rings (SSSR count). The van der Waals surface area contributed by atoms with Crippen molar-refractivity contribution in [2.75, 3.05) is 5.32 Å².